The highest BCUT2D eigenvalue weighted by Crippen LogP contribution is 2.31. The number of nitrogens with one attached hydrogen (secondary N) is 1. The molecule has 0 heterocycles. The molecule has 3 N–H and O–H groups in total. The van der Waals surface area contributed by atoms with Gasteiger partial charge in [-0.05, 0) is 51.0 Å². The van der Waals surface area contributed by atoms with Crippen LogP contribution in [0.4, 0.5) is 0 Å². The van der Waals surface area contributed by atoms with Crippen LogP contribution in [0.3, 0.4) is 0 Å². The van der Waals surface area contributed by atoms with E-state index in [1.165, 1.54) is 32.1 Å². The third-order valence-corrected chi connectivity index (χ3v) is 4.11. The lowest BCUT2D eigenvalue weighted by Gasteiger charge is -2.27. The van der Waals surface area contributed by atoms with E-state index in [1.54, 1.807) is 0 Å². The Labute approximate surface area is 112 Å². The summed E-state index contributed by atoms with van der Waals surface area (Å²) < 4.78 is 0. The van der Waals surface area contributed by atoms with Gasteiger partial charge in [0.25, 0.3) is 0 Å². The zero-order chi connectivity index (χ0) is 13.2. The number of carbonyl (C=O) groups is 1. The van der Waals surface area contributed by atoms with Crippen molar-refractivity contribution in [3.8, 4) is 0 Å². The fourth-order valence-corrected chi connectivity index (χ4v) is 2.83. The molecule has 0 aliphatic heterocycles. The van der Waals surface area contributed by atoms with E-state index in [0.717, 1.165) is 44.7 Å². The molecule has 0 atom stereocenters. The molecule has 0 aromatic rings. The lowest BCUT2D eigenvalue weighted by atomic mass is 9.79. The Morgan fingerprint density at radius 3 is 2.50 bits per heavy atom. The fourth-order valence-electron chi connectivity index (χ4n) is 2.83. The van der Waals surface area contributed by atoms with Crippen molar-refractivity contribution < 1.29 is 4.79 Å². The first-order valence-corrected chi connectivity index (χ1v) is 7.75. The number of rotatable bonds is 8. The van der Waals surface area contributed by atoms with E-state index in [9.17, 15) is 4.79 Å². The van der Waals surface area contributed by atoms with Crippen molar-refractivity contribution in [2.75, 3.05) is 13.1 Å². The standard InChI is InChI=1S/C15H30N2O/c1-2-3-6-13-7-9-14(10-8-13)15(18)17-12-5-4-11-16/h13-14H,2-12,16H2,1H3,(H,17,18). The van der Waals surface area contributed by atoms with Gasteiger partial charge in [0, 0.05) is 12.5 Å². The first-order valence-electron chi connectivity index (χ1n) is 7.75. The summed E-state index contributed by atoms with van der Waals surface area (Å²) >= 11 is 0. The van der Waals surface area contributed by atoms with Crippen LogP contribution in [0.1, 0.15) is 64.7 Å². The predicted octanol–water partition coefficient (Wildman–Crippen LogP) is 2.84. The highest BCUT2D eigenvalue weighted by Gasteiger charge is 2.25. The van der Waals surface area contributed by atoms with Gasteiger partial charge in [-0.3, -0.25) is 4.79 Å². The Bertz CT molecular complexity index is 223. The van der Waals surface area contributed by atoms with Crippen LogP contribution in [0.25, 0.3) is 0 Å². The second kappa shape index (κ2) is 9.37. The predicted molar refractivity (Wildman–Crippen MR) is 76.3 cm³/mol. The fraction of sp³-hybridized carbons (Fsp3) is 0.933. The van der Waals surface area contributed by atoms with Crippen LogP contribution in [0.15, 0.2) is 0 Å². The molecule has 1 aliphatic rings. The summed E-state index contributed by atoms with van der Waals surface area (Å²) in [5, 5.41) is 3.05. The van der Waals surface area contributed by atoms with Gasteiger partial charge in [-0.2, -0.15) is 0 Å². The maximum atomic E-state index is 11.9. The maximum absolute atomic E-state index is 11.9. The number of nitrogens with two attached hydrogens (primary N) is 1. The van der Waals surface area contributed by atoms with Crippen molar-refractivity contribution in [3.63, 3.8) is 0 Å². The minimum absolute atomic E-state index is 0.278. The van der Waals surface area contributed by atoms with E-state index in [2.05, 4.69) is 12.2 Å². The molecule has 0 bridgehead atoms. The molecule has 1 amide bonds. The summed E-state index contributed by atoms with van der Waals surface area (Å²) in [5.74, 6) is 1.44. The van der Waals surface area contributed by atoms with Gasteiger partial charge in [0.1, 0.15) is 0 Å². The monoisotopic (exact) mass is 254 g/mol. The zero-order valence-electron chi connectivity index (χ0n) is 11.9. The molecule has 0 spiro atoms. The van der Waals surface area contributed by atoms with Crippen molar-refractivity contribution in [2.45, 2.75) is 64.7 Å². The zero-order valence-corrected chi connectivity index (χ0v) is 11.9. The van der Waals surface area contributed by atoms with E-state index in [1.807, 2.05) is 0 Å². The summed E-state index contributed by atoms with van der Waals surface area (Å²) in [6, 6.07) is 0. The summed E-state index contributed by atoms with van der Waals surface area (Å²) in [6.07, 6.45) is 10.7. The number of hydrogen-bond donors (Lipinski definition) is 2. The van der Waals surface area contributed by atoms with E-state index < -0.39 is 0 Å². The van der Waals surface area contributed by atoms with Crippen molar-refractivity contribution in [1.82, 2.24) is 5.32 Å². The Kier molecular flexibility index (Phi) is 8.06. The average Bonchev–Trinajstić information content (AvgIpc) is 2.41. The second-order valence-corrected chi connectivity index (χ2v) is 5.65. The van der Waals surface area contributed by atoms with Crippen LogP contribution in [0.2, 0.25) is 0 Å². The highest BCUT2D eigenvalue weighted by atomic mass is 16.1. The van der Waals surface area contributed by atoms with E-state index in [-0.39, 0.29) is 11.8 Å². The van der Waals surface area contributed by atoms with Crippen molar-refractivity contribution in [2.24, 2.45) is 17.6 Å². The Hall–Kier alpha value is -0.570. The molecule has 0 radical (unpaired) electrons. The van der Waals surface area contributed by atoms with Crippen LogP contribution in [-0.4, -0.2) is 19.0 Å². The molecule has 0 aromatic carbocycles. The second-order valence-electron chi connectivity index (χ2n) is 5.65. The number of hydrogen-bond acceptors (Lipinski definition) is 2. The van der Waals surface area contributed by atoms with Crippen LogP contribution >= 0.6 is 0 Å². The molecule has 0 unspecified atom stereocenters. The van der Waals surface area contributed by atoms with Crippen LogP contribution in [0.5, 0.6) is 0 Å². The van der Waals surface area contributed by atoms with Gasteiger partial charge in [-0.1, -0.05) is 26.2 Å². The van der Waals surface area contributed by atoms with E-state index >= 15 is 0 Å². The smallest absolute Gasteiger partial charge is 0.223 e. The van der Waals surface area contributed by atoms with Crippen molar-refractivity contribution in [3.05, 3.63) is 0 Å². The summed E-state index contributed by atoms with van der Waals surface area (Å²) in [6.45, 7) is 3.77. The largest absolute Gasteiger partial charge is 0.356 e. The first kappa shape index (κ1) is 15.5. The average molecular weight is 254 g/mol. The topological polar surface area (TPSA) is 55.1 Å². The molecule has 0 saturated heterocycles. The minimum Gasteiger partial charge on any atom is -0.356 e. The van der Waals surface area contributed by atoms with Crippen LogP contribution in [-0.2, 0) is 4.79 Å². The Morgan fingerprint density at radius 1 is 1.17 bits per heavy atom. The van der Waals surface area contributed by atoms with Gasteiger partial charge in [-0.25, -0.2) is 0 Å². The normalized spacial score (nSPS) is 23.9. The molecule has 106 valence electrons. The van der Waals surface area contributed by atoms with Crippen LogP contribution in [0, 0.1) is 11.8 Å². The molecule has 3 heteroatoms. The quantitative estimate of drug-likeness (QED) is 0.654. The van der Waals surface area contributed by atoms with Crippen LogP contribution < -0.4 is 11.1 Å². The number of amides is 1. The number of unbranched alkanes of at least 4 members (excludes halogenated alkanes) is 2. The van der Waals surface area contributed by atoms with Crippen molar-refractivity contribution >= 4 is 5.91 Å². The molecule has 18 heavy (non-hydrogen) atoms. The van der Waals surface area contributed by atoms with Gasteiger partial charge in [0.15, 0.2) is 0 Å². The molecular formula is C15H30N2O. The van der Waals surface area contributed by atoms with Crippen molar-refractivity contribution in [1.29, 1.82) is 0 Å². The molecular weight excluding hydrogens is 224 g/mol. The lowest BCUT2D eigenvalue weighted by molar-refractivity contribution is -0.126. The summed E-state index contributed by atoms with van der Waals surface area (Å²) in [5.41, 5.74) is 5.43. The molecule has 1 fully saturated rings. The Morgan fingerprint density at radius 2 is 1.89 bits per heavy atom. The SMILES string of the molecule is CCCCC1CCC(C(=O)NCCCCN)CC1. The van der Waals surface area contributed by atoms with Gasteiger partial charge in [-0.15, -0.1) is 0 Å². The summed E-state index contributed by atoms with van der Waals surface area (Å²) in [7, 11) is 0. The third-order valence-electron chi connectivity index (χ3n) is 4.11. The number of carbonyl (C=O) groups excluding carboxylic acids is 1. The molecule has 1 saturated carbocycles. The van der Waals surface area contributed by atoms with Gasteiger partial charge < -0.3 is 11.1 Å². The van der Waals surface area contributed by atoms with Gasteiger partial charge in [0.2, 0.25) is 5.91 Å². The first-order chi connectivity index (χ1) is 8.77. The molecule has 1 aliphatic carbocycles. The van der Waals surface area contributed by atoms with E-state index in [4.69, 9.17) is 5.73 Å². The maximum Gasteiger partial charge on any atom is 0.223 e. The highest BCUT2D eigenvalue weighted by molar-refractivity contribution is 5.78. The van der Waals surface area contributed by atoms with Gasteiger partial charge in [0.05, 0.1) is 0 Å². The molecule has 0 aromatic heterocycles. The Balaban J connectivity index is 2.11. The third kappa shape index (κ3) is 5.85. The summed E-state index contributed by atoms with van der Waals surface area (Å²) in [4.78, 5) is 11.9. The van der Waals surface area contributed by atoms with E-state index in [0.29, 0.717) is 0 Å². The minimum atomic E-state index is 0.278. The molecule has 3 nitrogen and oxygen atoms in total. The lowest BCUT2D eigenvalue weighted by Crippen LogP contribution is -2.33. The van der Waals surface area contributed by atoms with Gasteiger partial charge >= 0.3 is 0 Å². The molecule has 1 rings (SSSR count).